The van der Waals surface area contributed by atoms with E-state index in [-0.39, 0.29) is 0 Å². The number of hydrogen-bond donors (Lipinski definition) is 2. The van der Waals surface area contributed by atoms with Crippen LogP contribution in [-0.4, -0.2) is 17.3 Å². The average Bonchev–Trinajstić information content (AvgIpc) is 2.70. The van der Waals surface area contributed by atoms with E-state index in [9.17, 15) is 4.79 Å². The molecule has 0 amide bonds. The molecule has 0 saturated carbocycles. The third kappa shape index (κ3) is 5.64. The lowest BCUT2D eigenvalue weighted by atomic mass is 10.2. The fourth-order valence-electron chi connectivity index (χ4n) is 2.26. The number of nitrogens with zero attached hydrogens (tertiary/aromatic N) is 1. The van der Waals surface area contributed by atoms with E-state index >= 15 is 0 Å². The van der Waals surface area contributed by atoms with E-state index in [2.05, 4.69) is 15.8 Å². The summed E-state index contributed by atoms with van der Waals surface area (Å²) in [5.41, 5.74) is 4.75. The fourth-order valence-corrected chi connectivity index (χ4v) is 2.64. The Balaban J connectivity index is 1.52. The van der Waals surface area contributed by atoms with Crippen molar-refractivity contribution in [2.45, 2.75) is 0 Å². The minimum absolute atomic E-state index is 0.318. The highest BCUT2D eigenvalue weighted by molar-refractivity contribution is 7.80. The topological polar surface area (TPSA) is 62.7 Å². The first-order valence-electron chi connectivity index (χ1n) is 8.34. The van der Waals surface area contributed by atoms with Crippen molar-refractivity contribution in [3.63, 3.8) is 0 Å². The number of ether oxygens (including phenoxy) is 1. The summed E-state index contributed by atoms with van der Waals surface area (Å²) in [5.74, 6) is -0.0951. The number of halogens is 1. The van der Waals surface area contributed by atoms with Gasteiger partial charge in [0.25, 0.3) is 0 Å². The van der Waals surface area contributed by atoms with Gasteiger partial charge in [0, 0.05) is 5.69 Å². The van der Waals surface area contributed by atoms with Crippen LogP contribution in [0.15, 0.2) is 84.0 Å². The summed E-state index contributed by atoms with van der Waals surface area (Å²) in [4.78, 5) is 12.2. The molecule has 5 nitrogen and oxygen atoms in total. The Bertz CT molecular complexity index is 992. The molecular weight excluding hydrogens is 394 g/mol. The maximum atomic E-state index is 12.2. The summed E-state index contributed by atoms with van der Waals surface area (Å²) in [5, 5.41) is 7.83. The number of carbonyl (C=O) groups is 1. The summed E-state index contributed by atoms with van der Waals surface area (Å²) in [6, 6.07) is 23.2. The van der Waals surface area contributed by atoms with E-state index in [4.69, 9.17) is 28.6 Å². The standard InChI is InChI=1S/C21H16ClN3O2S/c22-19-9-5-4-8-18(19)20(26)27-17-12-10-15(11-13-17)14-23-25-21(28)24-16-6-2-1-3-7-16/h1-14H,(H2,24,25,28)/b23-14+. The molecule has 0 atom stereocenters. The minimum Gasteiger partial charge on any atom is -0.423 e. The van der Waals surface area contributed by atoms with E-state index in [0.29, 0.717) is 21.4 Å². The molecule has 0 radical (unpaired) electrons. The van der Waals surface area contributed by atoms with Gasteiger partial charge in [-0.25, -0.2) is 4.79 Å². The van der Waals surface area contributed by atoms with Crippen LogP contribution in [0.1, 0.15) is 15.9 Å². The van der Waals surface area contributed by atoms with Crippen molar-refractivity contribution in [3.8, 4) is 5.75 Å². The smallest absolute Gasteiger partial charge is 0.345 e. The van der Waals surface area contributed by atoms with Gasteiger partial charge in [-0.1, -0.05) is 41.9 Å². The Morgan fingerprint density at radius 2 is 1.64 bits per heavy atom. The van der Waals surface area contributed by atoms with Crippen molar-refractivity contribution in [2.24, 2.45) is 5.10 Å². The molecule has 7 heteroatoms. The maximum absolute atomic E-state index is 12.2. The van der Waals surface area contributed by atoms with Gasteiger partial charge in [0.05, 0.1) is 16.8 Å². The van der Waals surface area contributed by atoms with Crippen molar-refractivity contribution in [1.29, 1.82) is 0 Å². The van der Waals surface area contributed by atoms with Crippen LogP contribution >= 0.6 is 23.8 Å². The molecule has 0 aliphatic rings. The lowest BCUT2D eigenvalue weighted by Crippen LogP contribution is -2.23. The molecule has 28 heavy (non-hydrogen) atoms. The monoisotopic (exact) mass is 409 g/mol. The second kappa shape index (κ2) is 9.64. The predicted molar refractivity (Wildman–Crippen MR) is 116 cm³/mol. The Morgan fingerprint density at radius 3 is 2.36 bits per heavy atom. The molecule has 2 N–H and O–H groups in total. The Morgan fingerprint density at radius 1 is 0.964 bits per heavy atom. The number of hydrogen-bond acceptors (Lipinski definition) is 4. The predicted octanol–water partition coefficient (Wildman–Crippen LogP) is 4.88. The van der Waals surface area contributed by atoms with Gasteiger partial charge < -0.3 is 10.1 Å². The Hall–Kier alpha value is -3.22. The zero-order valence-electron chi connectivity index (χ0n) is 14.6. The third-order valence-corrected chi connectivity index (χ3v) is 4.12. The average molecular weight is 410 g/mol. The SMILES string of the molecule is O=C(Oc1ccc(/C=N/NC(=S)Nc2ccccc2)cc1)c1ccccc1Cl. The first kappa shape index (κ1) is 19.5. The second-order valence-corrected chi connectivity index (χ2v) is 6.44. The van der Waals surface area contributed by atoms with E-state index < -0.39 is 5.97 Å². The van der Waals surface area contributed by atoms with Crippen molar-refractivity contribution < 1.29 is 9.53 Å². The summed E-state index contributed by atoms with van der Waals surface area (Å²) < 4.78 is 5.33. The molecule has 0 aliphatic heterocycles. The molecule has 3 rings (SSSR count). The number of hydrazone groups is 1. The lowest BCUT2D eigenvalue weighted by molar-refractivity contribution is 0.0735. The van der Waals surface area contributed by atoms with Crippen LogP contribution in [0.3, 0.4) is 0 Å². The van der Waals surface area contributed by atoms with Gasteiger partial charge in [-0.3, -0.25) is 5.43 Å². The molecule has 0 fully saturated rings. The van der Waals surface area contributed by atoms with E-state index in [1.54, 1.807) is 54.7 Å². The highest BCUT2D eigenvalue weighted by Crippen LogP contribution is 2.18. The van der Waals surface area contributed by atoms with Gasteiger partial charge >= 0.3 is 5.97 Å². The molecule has 140 valence electrons. The van der Waals surface area contributed by atoms with Crippen molar-refractivity contribution >= 4 is 46.8 Å². The van der Waals surface area contributed by atoms with E-state index in [0.717, 1.165) is 11.3 Å². The molecule has 0 aromatic heterocycles. The largest absolute Gasteiger partial charge is 0.423 e. The zero-order chi connectivity index (χ0) is 19.8. The van der Waals surface area contributed by atoms with Crippen molar-refractivity contribution in [1.82, 2.24) is 5.43 Å². The van der Waals surface area contributed by atoms with Crippen LogP contribution in [0.4, 0.5) is 5.69 Å². The van der Waals surface area contributed by atoms with Crippen molar-refractivity contribution in [2.75, 3.05) is 5.32 Å². The van der Waals surface area contributed by atoms with Crippen LogP contribution in [-0.2, 0) is 0 Å². The highest BCUT2D eigenvalue weighted by Gasteiger charge is 2.11. The number of benzene rings is 3. The number of para-hydroxylation sites is 1. The maximum Gasteiger partial charge on any atom is 0.345 e. The molecule has 3 aromatic rings. The first-order chi connectivity index (χ1) is 13.6. The molecule has 0 aliphatic carbocycles. The second-order valence-electron chi connectivity index (χ2n) is 5.63. The molecule has 0 unspecified atom stereocenters. The van der Waals surface area contributed by atoms with Crippen LogP contribution < -0.4 is 15.5 Å². The third-order valence-electron chi connectivity index (χ3n) is 3.60. The summed E-state index contributed by atoms with van der Waals surface area (Å²) in [6.45, 7) is 0. The molecular formula is C21H16ClN3O2S. The summed E-state index contributed by atoms with van der Waals surface area (Å²) >= 11 is 11.2. The Kier molecular flexibility index (Phi) is 6.73. The number of nitrogens with one attached hydrogen (secondary N) is 2. The molecule has 0 spiro atoms. The quantitative estimate of drug-likeness (QED) is 0.207. The lowest BCUT2D eigenvalue weighted by Gasteiger charge is -2.07. The Labute approximate surface area is 173 Å². The van der Waals surface area contributed by atoms with E-state index in [1.165, 1.54) is 0 Å². The number of thiocarbonyl (C=S) groups is 1. The van der Waals surface area contributed by atoms with Crippen LogP contribution in [0, 0.1) is 0 Å². The summed E-state index contributed by atoms with van der Waals surface area (Å²) in [7, 11) is 0. The number of esters is 1. The first-order valence-corrected chi connectivity index (χ1v) is 9.12. The summed E-state index contributed by atoms with van der Waals surface area (Å²) in [6.07, 6.45) is 1.61. The number of anilines is 1. The minimum atomic E-state index is -0.508. The van der Waals surface area contributed by atoms with Gasteiger partial charge in [0.15, 0.2) is 5.11 Å². The van der Waals surface area contributed by atoms with Gasteiger partial charge in [0.2, 0.25) is 0 Å². The number of carbonyl (C=O) groups excluding carboxylic acids is 1. The van der Waals surface area contributed by atoms with Gasteiger partial charge in [-0.15, -0.1) is 0 Å². The van der Waals surface area contributed by atoms with Crippen LogP contribution in [0.5, 0.6) is 5.75 Å². The normalized spacial score (nSPS) is 10.5. The molecule has 0 heterocycles. The molecule has 3 aromatic carbocycles. The number of rotatable bonds is 5. The van der Waals surface area contributed by atoms with Gasteiger partial charge in [0.1, 0.15) is 5.75 Å². The van der Waals surface area contributed by atoms with Crippen LogP contribution in [0.2, 0.25) is 5.02 Å². The van der Waals surface area contributed by atoms with E-state index in [1.807, 2.05) is 30.3 Å². The van der Waals surface area contributed by atoms with Gasteiger partial charge in [-0.05, 0) is 66.3 Å². The fraction of sp³-hybridized carbons (Fsp3) is 0. The molecule has 0 bridgehead atoms. The van der Waals surface area contributed by atoms with Gasteiger partial charge in [-0.2, -0.15) is 5.10 Å². The zero-order valence-corrected chi connectivity index (χ0v) is 16.2. The van der Waals surface area contributed by atoms with Crippen molar-refractivity contribution in [3.05, 3.63) is 95.0 Å². The highest BCUT2D eigenvalue weighted by atomic mass is 35.5. The van der Waals surface area contributed by atoms with Crippen LogP contribution in [0.25, 0.3) is 0 Å². The molecule has 0 saturated heterocycles.